The van der Waals surface area contributed by atoms with Crippen LogP contribution in [-0.2, 0) is 14.4 Å². The Bertz CT molecular complexity index is 799. The lowest BCUT2D eigenvalue weighted by Gasteiger charge is -2.57. The number of alkyl halides is 1. The summed E-state index contributed by atoms with van der Waals surface area (Å²) in [4.78, 5) is 37.4. The van der Waals surface area contributed by atoms with E-state index in [1.807, 2.05) is 6.92 Å². The smallest absolute Gasteiger partial charge is 0.190 e. The number of Topliss-reactive ketones (excluding diaryl/α,β-unsaturated/α-hetero) is 2. The standard InChI is InChI=1S/C22H27FO3S/c1-11-9-13-14(5-7-22(4)15(13)10-16(23)20(22)26)21(3)8-6-17(25)19(18(11)21)27-12(2)24/h13-16H,1,5-10H2,2-4H3/t13-,14+,15+,16-,21-,22+/m1/s1. The lowest BCUT2D eigenvalue weighted by atomic mass is 9.46. The van der Waals surface area contributed by atoms with Gasteiger partial charge >= 0.3 is 0 Å². The second-order valence-electron chi connectivity index (χ2n) is 9.35. The van der Waals surface area contributed by atoms with Crippen molar-refractivity contribution in [2.24, 2.45) is 28.6 Å². The van der Waals surface area contributed by atoms with Gasteiger partial charge in [0.2, 0.25) is 0 Å². The largest absolute Gasteiger partial charge is 0.296 e. The molecule has 27 heavy (non-hydrogen) atoms. The molecule has 0 aromatic carbocycles. The molecule has 0 aliphatic heterocycles. The van der Waals surface area contributed by atoms with Crippen molar-refractivity contribution in [3.8, 4) is 0 Å². The van der Waals surface area contributed by atoms with Crippen molar-refractivity contribution in [2.45, 2.75) is 65.5 Å². The predicted molar refractivity (Wildman–Crippen MR) is 104 cm³/mol. The summed E-state index contributed by atoms with van der Waals surface area (Å²) in [5, 5.41) is -0.0806. The summed E-state index contributed by atoms with van der Waals surface area (Å²) in [7, 11) is 0. The number of halogens is 1. The number of thioether (sulfide) groups is 1. The average Bonchev–Trinajstić information content (AvgIpc) is 2.82. The fraction of sp³-hybridized carbons (Fsp3) is 0.682. The third kappa shape index (κ3) is 2.56. The van der Waals surface area contributed by atoms with Crippen LogP contribution in [0.15, 0.2) is 22.6 Å². The molecule has 3 nitrogen and oxygen atoms in total. The molecule has 3 saturated carbocycles. The predicted octanol–water partition coefficient (Wildman–Crippen LogP) is 4.81. The highest BCUT2D eigenvalue weighted by Crippen LogP contribution is 2.66. The van der Waals surface area contributed by atoms with Gasteiger partial charge in [0.25, 0.3) is 0 Å². The number of hydrogen-bond donors (Lipinski definition) is 0. The van der Waals surface area contributed by atoms with Gasteiger partial charge in [0.05, 0.1) is 4.91 Å². The van der Waals surface area contributed by atoms with E-state index < -0.39 is 11.6 Å². The van der Waals surface area contributed by atoms with Crippen molar-refractivity contribution >= 4 is 28.4 Å². The summed E-state index contributed by atoms with van der Waals surface area (Å²) in [6.07, 6.45) is 2.47. The summed E-state index contributed by atoms with van der Waals surface area (Å²) in [5.74, 6) is 0.421. The maximum Gasteiger partial charge on any atom is 0.190 e. The van der Waals surface area contributed by atoms with Crippen LogP contribution in [0.5, 0.6) is 0 Å². The normalized spacial score (nSPS) is 44.1. The summed E-state index contributed by atoms with van der Waals surface area (Å²) in [5.41, 5.74) is 1.11. The van der Waals surface area contributed by atoms with Crippen molar-refractivity contribution in [2.75, 3.05) is 0 Å². The van der Waals surface area contributed by atoms with Crippen LogP contribution < -0.4 is 0 Å². The molecule has 0 aromatic rings. The van der Waals surface area contributed by atoms with Gasteiger partial charge in [-0.25, -0.2) is 4.39 Å². The van der Waals surface area contributed by atoms with E-state index in [-0.39, 0.29) is 33.9 Å². The highest BCUT2D eigenvalue weighted by molar-refractivity contribution is 8.17. The number of ketones is 2. The molecule has 0 spiro atoms. The molecule has 0 unspecified atom stereocenters. The van der Waals surface area contributed by atoms with E-state index in [1.165, 1.54) is 6.92 Å². The molecule has 6 atom stereocenters. The fourth-order valence-electron chi connectivity index (χ4n) is 6.70. The first-order valence-corrected chi connectivity index (χ1v) is 10.7. The molecule has 0 heterocycles. The first-order valence-electron chi connectivity index (χ1n) is 9.92. The quantitative estimate of drug-likeness (QED) is 0.645. The van der Waals surface area contributed by atoms with Gasteiger partial charge in [-0.15, -0.1) is 0 Å². The maximum absolute atomic E-state index is 14.3. The number of allylic oxidation sites excluding steroid dienone is 2. The van der Waals surface area contributed by atoms with E-state index in [9.17, 15) is 18.8 Å². The zero-order chi connectivity index (χ0) is 19.7. The maximum atomic E-state index is 14.3. The van der Waals surface area contributed by atoms with Gasteiger partial charge in [0.15, 0.2) is 22.9 Å². The number of fused-ring (bicyclic) bond motifs is 5. The van der Waals surface area contributed by atoms with Crippen LogP contribution in [0.4, 0.5) is 4.39 Å². The van der Waals surface area contributed by atoms with Crippen LogP contribution in [0, 0.1) is 28.6 Å². The molecule has 4 aliphatic carbocycles. The summed E-state index contributed by atoms with van der Waals surface area (Å²) >= 11 is 1.05. The lowest BCUT2D eigenvalue weighted by molar-refractivity contribution is -0.134. The highest BCUT2D eigenvalue weighted by Gasteiger charge is 2.62. The van der Waals surface area contributed by atoms with E-state index in [1.54, 1.807) is 0 Å². The zero-order valence-corrected chi connectivity index (χ0v) is 17.1. The minimum absolute atomic E-state index is 0.0442. The number of rotatable bonds is 1. The first-order chi connectivity index (χ1) is 12.6. The SMILES string of the molecule is C=C1C[C@@H]2[C@H](CC[C@]3(C)C(=O)[C@H](F)C[C@@H]23)[C@@]2(C)CCC(=O)C(SC(C)=O)=C12. The van der Waals surface area contributed by atoms with Crippen molar-refractivity contribution in [3.63, 3.8) is 0 Å². The highest BCUT2D eigenvalue weighted by atomic mass is 32.2. The monoisotopic (exact) mass is 390 g/mol. The summed E-state index contributed by atoms with van der Waals surface area (Å²) in [6.45, 7) is 9.93. The van der Waals surface area contributed by atoms with Gasteiger partial charge in [-0.3, -0.25) is 14.4 Å². The zero-order valence-electron chi connectivity index (χ0n) is 16.3. The third-order valence-electron chi connectivity index (χ3n) is 7.96. The molecule has 0 radical (unpaired) electrons. The molecule has 146 valence electrons. The minimum atomic E-state index is -1.34. The van der Waals surface area contributed by atoms with Crippen LogP contribution >= 0.6 is 11.8 Å². The Hall–Kier alpha value is -1.23. The van der Waals surface area contributed by atoms with Gasteiger partial charge < -0.3 is 0 Å². The summed E-state index contributed by atoms with van der Waals surface area (Å²) < 4.78 is 14.3. The molecular weight excluding hydrogens is 363 g/mol. The molecule has 0 amide bonds. The average molecular weight is 391 g/mol. The van der Waals surface area contributed by atoms with Crippen LogP contribution in [0.2, 0.25) is 0 Å². The van der Waals surface area contributed by atoms with Crippen molar-refractivity contribution in [1.29, 1.82) is 0 Å². The van der Waals surface area contributed by atoms with Crippen molar-refractivity contribution < 1.29 is 18.8 Å². The van der Waals surface area contributed by atoms with E-state index in [0.29, 0.717) is 30.1 Å². The first kappa shape index (κ1) is 19.1. The lowest BCUT2D eigenvalue weighted by Crippen LogP contribution is -2.51. The summed E-state index contributed by atoms with van der Waals surface area (Å²) in [6, 6.07) is 0. The Balaban J connectivity index is 1.79. The Morgan fingerprint density at radius 3 is 2.56 bits per heavy atom. The van der Waals surface area contributed by atoms with Crippen LogP contribution in [0.1, 0.15) is 59.3 Å². The molecular formula is C22H27FO3S. The van der Waals surface area contributed by atoms with Crippen LogP contribution in [-0.4, -0.2) is 22.9 Å². The van der Waals surface area contributed by atoms with Crippen molar-refractivity contribution in [1.82, 2.24) is 0 Å². The Kier molecular flexibility index (Phi) is 4.34. The Morgan fingerprint density at radius 1 is 1.19 bits per heavy atom. The van der Waals surface area contributed by atoms with Gasteiger partial charge in [-0.05, 0) is 78.2 Å². The second-order valence-corrected chi connectivity index (χ2v) is 10.5. The molecule has 0 N–H and O–H groups in total. The van der Waals surface area contributed by atoms with E-state index in [2.05, 4.69) is 13.5 Å². The van der Waals surface area contributed by atoms with Gasteiger partial charge in [0.1, 0.15) is 0 Å². The minimum Gasteiger partial charge on any atom is -0.296 e. The van der Waals surface area contributed by atoms with Gasteiger partial charge in [-0.2, -0.15) is 0 Å². The third-order valence-corrected chi connectivity index (χ3v) is 8.88. The van der Waals surface area contributed by atoms with Gasteiger partial charge in [-0.1, -0.05) is 20.4 Å². The number of hydrogen-bond acceptors (Lipinski definition) is 4. The topological polar surface area (TPSA) is 51.2 Å². The molecule has 5 heteroatoms. The fourth-order valence-corrected chi connectivity index (χ4v) is 7.68. The second kappa shape index (κ2) is 6.13. The molecule has 4 rings (SSSR count). The Labute approximate surface area is 164 Å². The number of carbonyl (C=O) groups is 3. The van der Waals surface area contributed by atoms with Crippen molar-refractivity contribution in [3.05, 3.63) is 22.6 Å². The molecule has 4 aliphatic rings. The van der Waals surface area contributed by atoms with Crippen LogP contribution in [0.3, 0.4) is 0 Å². The van der Waals surface area contributed by atoms with E-state index in [4.69, 9.17) is 0 Å². The van der Waals surface area contributed by atoms with Crippen LogP contribution in [0.25, 0.3) is 0 Å². The molecule has 0 saturated heterocycles. The molecule has 0 bridgehead atoms. The molecule has 3 fully saturated rings. The number of carbonyl (C=O) groups excluding carboxylic acids is 3. The van der Waals surface area contributed by atoms with E-state index >= 15 is 0 Å². The molecule has 0 aromatic heterocycles. The van der Waals surface area contributed by atoms with E-state index in [0.717, 1.165) is 42.2 Å². The van der Waals surface area contributed by atoms with Gasteiger partial charge in [0, 0.05) is 18.8 Å². The Morgan fingerprint density at radius 2 is 1.89 bits per heavy atom.